The topological polar surface area (TPSA) is 0 Å². The third-order valence-electron chi connectivity index (χ3n) is 0.289. The first-order valence-electron chi connectivity index (χ1n) is 4.36. The van der Waals surface area contributed by atoms with Crippen LogP contribution in [-0.4, -0.2) is 0 Å². The van der Waals surface area contributed by atoms with Crippen LogP contribution in [0.5, 0.6) is 0 Å². The molecule has 0 amide bonds. The summed E-state index contributed by atoms with van der Waals surface area (Å²) in [6.45, 7) is 24.3. The van der Waals surface area contributed by atoms with Crippen LogP contribution in [0.1, 0.15) is 34.1 Å². The third kappa shape index (κ3) is 550000. The van der Waals surface area contributed by atoms with Crippen molar-refractivity contribution < 1.29 is 0 Å². The maximum atomic E-state index is 3.56. The summed E-state index contributed by atoms with van der Waals surface area (Å²) in [5, 5.41) is 0. The van der Waals surface area contributed by atoms with Crippen LogP contribution in [0, 0.1) is 0 Å². The molecule has 0 spiro atoms. The molecule has 0 saturated carbocycles. The van der Waals surface area contributed by atoms with Crippen LogP contribution in [0.3, 0.4) is 0 Å². The summed E-state index contributed by atoms with van der Waals surface area (Å²) in [6.07, 6.45) is 4.71. The fourth-order valence-corrected chi connectivity index (χ4v) is 0. The summed E-state index contributed by atoms with van der Waals surface area (Å²) >= 11 is 0. The van der Waals surface area contributed by atoms with Crippen molar-refractivity contribution >= 4 is 0 Å². The van der Waals surface area contributed by atoms with E-state index in [0.717, 1.165) is 6.42 Å². The van der Waals surface area contributed by atoms with E-state index in [1.807, 2.05) is 26.8 Å². The smallest absolute Gasteiger partial charge is 0.0382 e. The fourth-order valence-electron chi connectivity index (χ4n) is 0. The van der Waals surface area contributed by atoms with Gasteiger partial charge in [0, 0.05) is 0 Å². The lowest BCUT2D eigenvalue weighted by atomic mass is 10.4. The zero-order valence-electron chi connectivity index (χ0n) is 9.90. The van der Waals surface area contributed by atoms with Gasteiger partial charge in [0.05, 0.1) is 0 Å². The van der Waals surface area contributed by atoms with Gasteiger partial charge in [-0.2, -0.15) is 0 Å². The predicted molar refractivity (Wildman–Crippen MR) is 68.1 cm³/mol. The van der Waals surface area contributed by atoms with Crippen molar-refractivity contribution in [1.29, 1.82) is 0 Å². The van der Waals surface area contributed by atoms with Gasteiger partial charge in [-0.1, -0.05) is 24.6 Å². The molecule has 0 fully saturated rings. The van der Waals surface area contributed by atoms with Gasteiger partial charge >= 0.3 is 0 Å². The standard InChI is InChI=1S/2C4H8.C3H6.C2H4/c1-4(2)3;1-3-4-2;1-3-2;1-2/h1H2,2-3H3;3H,1,4H2,2H3;3H,1H2,2H3;1-2H2. The van der Waals surface area contributed by atoms with Crippen molar-refractivity contribution in [1.82, 2.24) is 0 Å². The van der Waals surface area contributed by atoms with Crippen LogP contribution < -0.4 is 0 Å². The van der Waals surface area contributed by atoms with E-state index in [1.54, 1.807) is 6.08 Å². The molecule has 0 radical (unpaired) electrons. The minimum absolute atomic E-state index is 1.08. The lowest BCUT2D eigenvalue weighted by Gasteiger charge is -1.65. The zero-order chi connectivity index (χ0) is 11.7. The number of hydrogen-bond acceptors (Lipinski definition) is 0. The monoisotopic (exact) mass is 182 g/mol. The summed E-state index contributed by atoms with van der Waals surface area (Å²) in [5.41, 5.74) is 1.17. The van der Waals surface area contributed by atoms with Gasteiger partial charge in [-0.3, -0.25) is 0 Å². The fraction of sp³-hybridized carbons (Fsp3) is 0.385. The van der Waals surface area contributed by atoms with Crippen LogP contribution in [0.4, 0.5) is 0 Å². The second-order valence-corrected chi connectivity index (χ2v) is 2.31. The van der Waals surface area contributed by atoms with Crippen LogP contribution in [-0.2, 0) is 0 Å². The molecule has 0 aromatic carbocycles. The van der Waals surface area contributed by atoms with E-state index in [1.165, 1.54) is 5.57 Å². The normalized spacial score (nSPS) is 5.23. The maximum absolute atomic E-state index is 3.56. The molecule has 0 aliphatic rings. The predicted octanol–water partition coefficient (Wildman–Crippen LogP) is 5.16. The Bertz CT molecular complexity index is 94.6. The van der Waals surface area contributed by atoms with Crippen molar-refractivity contribution in [3.63, 3.8) is 0 Å². The molecule has 0 heterocycles. The van der Waals surface area contributed by atoms with E-state index in [9.17, 15) is 0 Å². The van der Waals surface area contributed by atoms with Crippen molar-refractivity contribution in [2.45, 2.75) is 34.1 Å². The molecule has 0 aromatic rings. The summed E-state index contributed by atoms with van der Waals surface area (Å²) < 4.78 is 0. The number of allylic oxidation sites excluding steroid dienone is 3. The van der Waals surface area contributed by atoms with E-state index in [2.05, 4.69) is 39.8 Å². The van der Waals surface area contributed by atoms with Crippen LogP contribution >= 0.6 is 0 Å². The SMILES string of the molecule is C=C.C=C(C)C.C=CC.C=CCC. The second kappa shape index (κ2) is 44.2. The number of rotatable bonds is 1. The van der Waals surface area contributed by atoms with E-state index in [4.69, 9.17) is 0 Å². The summed E-state index contributed by atoms with van der Waals surface area (Å²) in [4.78, 5) is 0. The molecule has 0 bridgehead atoms. The van der Waals surface area contributed by atoms with E-state index in [0.29, 0.717) is 0 Å². The zero-order valence-corrected chi connectivity index (χ0v) is 9.90. The molecular formula is C13H26. The summed E-state index contributed by atoms with van der Waals surface area (Å²) in [7, 11) is 0. The Morgan fingerprint density at radius 3 is 1.23 bits per heavy atom. The minimum Gasteiger partial charge on any atom is -0.106 e. The Hall–Kier alpha value is -1.04. The summed E-state index contributed by atoms with van der Waals surface area (Å²) in [6, 6.07) is 0. The Labute approximate surface area is 85.4 Å². The number of hydrogen-bond donors (Lipinski definition) is 0. The van der Waals surface area contributed by atoms with Crippen LogP contribution in [0.25, 0.3) is 0 Å². The molecule has 0 saturated heterocycles. The van der Waals surface area contributed by atoms with Gasteiger partial charge in [0.25, 0.3) is 0 Å². The molecule has 0 heteroatoms. The van der Waals surface area contributed by atoms with Crippen molar-refractivity contribution in [3.05, 3.63) is 50.6 Å². The van der Waals surface area contributed by atoms with Gasteiger partial charge < -0.3 is 0 Å². The average molecular weight is 182 g/mol. The first-order chi connectivity index (χ1) is 6.06. The Morgan fingerprint density at radius 1 is 1.15 bits per heavy atom. The van der Waals surface area contributed by atoms with Gasteiger partial charge in [0.2, 0.25) is 0 Å². The Morgan fingerprint density at radius 2 is 1.23 bits per heavy atom. The molecule has 0 aliphatic heterocycles. The highest BCUT2D eigenvalue weighted by Gasteiger charge is 1.51. The quantitative estimate of drug-likeness (QED) is 0.491. The minimum atomic E-state index is 1.08. The highest BCUT2D eigenvalue weighted by molar-refractivity contribution is 4.78. The first kappa shape index (κ1) is 22.7. The van der Waals surface area contributed by atoms with Gasteiger partial charge in [-0.25, -0.2) is 0 Å². The summed E-state index contributed by atoms with van der Waals surface area (Å²) in [5.74, 6) is 0. The lowest BCUT2D eigenvalue weighted by Crippen LogP contribution is -1.43. The Balaban J connectivity index is -0.0000000431. The third-order valence-corrected chi connectivity index (χ3v) is 0.289. The van der Waals surface area contributed by atoms with E-state index in [-0.39, 0.29) is 0 Å². The molecule has 13 heavy (non-hydrogen) atoms. The first-order valence-corrected chi connectivity index (χ1v) is 4.36. The molecule has 0 atom stereocenters. The van der Waals surface area contributed by atoms with Crippen LogP contribution in [0.15, 0.2) is 50.6 Å². The van der Waals surface area contributed by atoms with Gasteiger partial charge in [-0.05, 0) is 27.2 Å². The highest BCUT2D eigenvalue weighted by atomic mass is 13.6. The van der Waals surface area contributed by atoms with E-state index < -0.39 is 0 Å². The molecule has 0 rings (SSSR count). The maximum Gasteiger partial charge on any atom is -0.0382 e. The average Bonchev–Trinajstić information content (AvgIpc) is 2.08. The second-order valence-electron chi connectivity index (χ2n) is 2.31. The van der Waals surface area contributed by atoms with Gasteiger partial charge in [0.15, 0.2) is 0 Å². The highest BCUT2D eigenvalue weighted by Crippen LogP contribution is 1.73. The molecule has 0 aromatic heterocycles. The van der Waals surface area contributed by atoms with Gasteiger partial charge in [-0.15, -0.1) is 32.9 Å². The van der Waals surface area contributed by atoms with E-state index >= 15 is 0 Å². The molecular weight excluding hydrogens is 156 g/mol. The molecule has 0 N–H and O–H groups in total. The van der Waals surface area contributed by atoms with Crippen molar-refractivity contribution in [3.8, 4) is 0 Å². The molecule has 0 nitrogen and oxygen atoms in total. The van der Waals surface area contributed by atoms with Crippen LogP contribution in [0.2, 0.25) is 0 Å². The molecule has 0 aliphatic carbocycles. The largest absolute Gasteiger partial charge is 0.106 e. The Kier molecular flexibility index (Phi) is 77.1. The molecule has 0 unspecified atom stereocenters. The van der Waals surface area contributed by atoms with Crippen molar-refractivity contribution in [2.24, 2.45) is 0 Å². The van der Waals surface area contributed by atoms with Gasteiger partial charge in [0.1, 0.15) is 0 Å². The van der Waals surface area contributed by atoms with Crippen molar-refractivity contribution in [2.75, 3.05) is 0 Å². The lowest BCUT2D eigenvalue weighted by molar-refractivity contribution is 1.23. The molecule has 78 valence electrons.